The zero-order chi connectivity index (χ0) is 16.0. The number of urea groups is 1. The number of carboxylic acids is 1. The minimum Gasteiger partial charge on any atom is -0.478 e. The van der Waals surface area contributed by atoms with Crippen molar-refractivity contribution in [3.63, 3.8) is 0 Å². The lowest BCUT2D eigenvalue weighted by molar-refractivity contribution is -0.120. The number of aromatic carboxylic acids is 1. The number of amides is 3. The summed E-state index contributed by atoms with van der Waals surface area (Å²) in [6.45, 7) is 0.221. The lowest BCUT2D eigenvalue weighted by Gasteiger charge is -2.19. The first-order valence-electron chi connectivity index (χ1n) is 6.11. The summed E-state index contributed by atoms with van der Waals surface area (Å²) < 4.78 is 0.468. The fourth-order valence-corrected chi connectivity index (χ4v) is 1.99. The Hall–Kier alpha value is -2.09. The van der Waals surface area contributed by atoms with Crippen LogP contribution in [0.5, 0.6) is 0 Å². The number of carboxylic acid groups (broad SMARTS) is 1. The number of nitrogens with one attached hydrogen (secondary N) is 2. The van der Waals surface area contributed by atoms with Crippen LogP contribution in [0, 0.1) is 0 Å². The molecule has 0 atom stereocenters. The van der Waals surface area contributed by atoms with Crippen molar-refractivity contribution >= 4 is 39.5 Å². The van der Waals surface area contributed by atoms with Gasteiger partial charge in [0.1, 0.15) is 0 Å². The Kier molecular flexibility index (Phi) is 6.16. The van der Waals surface area contributed by atoms with Crippen LogP contribution in [0.3, 0.4) is 0 Å². The van der Waals surface area contributed by atoms with E-state index in [2.05, 4.69) is 26.6 Å². The Labute approximate surface area is 130 Å². The molecule has 0 aromatic heterocycles. The van der Waals surface area contributed by atoms with E-state index in [9.17, 15) is 14.4 Å². The lowest BCUT2D eigenvalue weighted by Crippen LogP contribution is -2.35. The van der Waals surface area contributed by atoms with Crippen molar-refractivity contribution < 1.29 is 19.5 Å². The number of carbonyl (C=O) groups is 3. The minimum absolute atomic E-state index is 0.0163. The molecule has 0 aliphatic carbocycles. The fourth-order valence-electron chi connectivity index (χ4n) is 1.53. The maximum absolute atomic E-state index is 12.0. The molecule has 0 aliphatic rings. The van der Waals surface area contributed by atoms with Gasteiger partial charge in [0.05, 0.1) is 11.3 Å². The third kappa shape index (κ3) is 4.75. The van der Waals surface area contributed by atoms with Gasteiger partial charge in [0.15, 0.2) is 0 Å². The summed E-state index contributed by atoms with van der Waals surface area (Å²) >= 11 is 3.21. The first kappa shape index (κ1) is 17.0. The van der Waals surface area contributed by atoms with Gasteiger partial charge in [-0.25, -0.2) is 9.59 Å². The quantitative estimate of drug-likeness (QED) is 0.747. The summed E-state index contributed by atoms with van der Waals surface area (Å²) in [6.07, 6.45) is 0.169. The molecule has 0 radical (unpaired) electrons. The molecule has 3 amide bonds. The number of carbonyl (C=O) groups excluding carboxylic acids is 2. The minimum atomic E-state index is -1.14. The van der Waals surface area contributed by atoms with E-state index < -0.39 is 12.0 Å². The highest BCUT2D eigenvalue weighted by molar-refractivity contribution is 9.10. The number of rotatable bonds is 5. The number of halogens is 1. The van der Waals surface area contributed by atoms with Gasteiger partial charge in [-0.2, -0.15) is 0 Å². The van der Waals surface area contributed by atoms with Gasteiger partial charge in [-0.05, 0) is 28.1 Å². The second-order valence-corrected chi connectivity index (χ2v) is 5.10. The summed E-state index contributed by atoms with van der Waals surface area (Å²) in [5.74, 6) is -1.32. The second-order valence-electron chi connectivity index (χ2n) is 4.24. The van der Waals surface area contributed by atoms with Crippen LogP contribution in [0.4, 0.5) is 10.5 Å². The van der Waals surface area contributed by atoms with Crippen LogP contribution in [-0.4, -0.2) is 48.6 Å². The van der Waals surface area contributed by atoms with Crippen molar-refractivity contribution in [2.75, 3.05) is 26.0 Å². The number of anilines is 1. The van der Waals surface area contributed by atoms with Crippen LogP contribution in [-0.2, 0) is 4.79 Å². The first-order valence-corrected chi connectivity index (χ1v) is 6.90. The average molecular weight is 358 g/mol. The maximum atomic E-state index is 12.0. The normalized spacial score (nSPS) is 9.86. The molecular weight excluding hydrogens is 342 g/mol. The Bertz CT molecular complexity index is 562. The van der Waals surface area contributed by atoms with Gasteiger partial charge >= 0.3 is 12.0 Å². The molecule has 8 heteroatoms. The Balaban J connectivity index is 2.79. The summed E-state index contributed by atoms with van der Waals surface area (Å²) in [7, 11) is 3.04. The third-order valence-corrected chi connectivity index (χ3v) is 3.44. The van der Waals surface area contributed by atoms with Crippen molar-refractivity contribution in [2.45, 2.75) is 6.42 Å². The molecule has 0 heterocycles. The summed E-state index contributed by atoms with van der Waals surface area (Å²) in [5, 5.41) is 14.1. The highest BCUT2D eigenvalue weighted by Crippen LogP contribution is 2.26. The van der Waals surface area contributed by atoms with E-state index >= 15 is 0 Å². The predicted octanol–water partition coefficient (Wildman–Crippen LogP) is 1.75. The van der Waals surface area contributed by atoms with Crippen molar-refractivity contribution in [3.8, 4) is 0 Å². The fraction of sp³-hybridized carbons (Fsp3) is 0.308. The topological polar surface area (TPSA) is 98.7 Å². The highest BCUT2D eigenvalue weighted by atomic mass is 79.9. The van der Waals surface area contributed by atoms with Crippen molar-refractivity contribution in [3.05, 3.63) is 28.2 Å². The first-order chi connectivity index (χ1) is 9.86. The molecular formula is C13H16BrN3O4. The van der Waals surface area contributed by atoms with Gasteiger partial charge in [0.2, 0.25) is 5.91 Å². The molecule has 0 spiro atoms. The number of nitrogens with zero attached hydrogens (tertiary/aromatic N) is 1. The van der Waals surface area contributed by atoms with Gasteiger partial charge in [0, 0.05) is 31.5 Å². The molecule has 21 heavy (non-hydrogen) atoms. The van der Waals surface area contributed by atoms with E-state index in [4.69, 9.17) is 5.11 Å². The van der Waals surface area contributed by atoms with Crippen molar-refractivity contribution in [2.24, 2.45) is 0 Å². The molecule has 1 rings (SSSR count). The Morgan fingerprint density at radius 1 is 1.33 bits per heavy atom. The molecule has 7 nitrogen and oxygen atoms in total. The molecule has 3 N–H and O–H groups in total. The monoisotopic (exact) mass is 357 g/mol. The molecule has 114 valence electrons. The summed E-state index contributed by atoms with van der Waals surface area (Å²) in [4.78, 5) is 35.6. The largest absolute Gasteiger partial charge is 0.478 e. The van der Waals surface area contributed by atoms with E-state index in [0.717, 1.165) is 0 Å². The van der Waals surface area contributed by atoms with Crippen LogP contribution >= 0.6 is 15.9 Å². The maximum Gasteiger partial charge on any atom is 0.337 e. The molecule has 0 aliphatic heterocycles. The molecule has 1 aromatic rings. The Morgan fingerprint density at radius 3 is 2.57 bits per heavy atom. The van der Waals surface area contributed by atoms with E-state index in [1.165, 1.54) is 25.1 Å². The van der Waals surface area contributed by atoms with E-state index in [-0.39, 0.29) is 30.1 Å². The smallest absolute Gasteiger partial charge is 0.337 e. The zero-order valence-electron chi connectivity index (χ0n) is 11.6. The standard InChI is InChI=1S/C13H16BrN3O4/c1-15-10(18)6-7-17(2)13(21)16-11-8(12(19)20)4-3-5-9(11)14/h3-5H,6-7H2,1-2H3,(H,15,18)(H,16,21)(H,19,20). The molecule has 0 fully saturated rings. The Morgan fingerprint density at radius 2 is 2.00 bits per heavy atom. The van der Waals surface area contributed by atoms with E-state index in [0.29, 0.717) is 4.47 Å². The number of hydrogen-bond acceptors (Lipinski definition) is 3. The summed E-state index contributed by atoms with van der Waals surface area (Å²) in [5.41, 5.74) is 0.166. The second kappa shape index (κ2) is 7.63. The number of benzene rings is 1. The average Bonchev–Trinajstić information content (AvgIpc) is 2.45. The van der Waals surface area contributed by atoms with E-state index in [1.807, 2.05) is 0 Å². The summed E-state index contributed by atoms with van der Waals surface area (Å²) in [6, 6.07) is 4.10. The molecule has 0 unspecified atom stereocenters. The zero-order valence-corrected chi connectivity index (χ0v) is 13.2. The molecule has 1 aromatic carbocycles. The SMILES string of the molecule is CNC(=O)CCN(C)C(=O)Nc1c(Br)cccc1C(=O)O. The predicted molar refractivity (Wildman–Crippen MR) is 81.4 cm³/mol. The van der Waals surface area contributed by atoms with Gasteiger partial charge in [-0.1, -0.05) is 6.07 Å². The van der Waals surface area contributed by atoms with Gasteiger partial charge in [-0.3, -0.25) is 4.79 Å². The number of para-hydroxylation sites is 1. The van der Waals surface area contributed by atoms with Crippen LogP contribution in [0.25, 0.3) is 0 Å². The highest BCUT2D eigenvalue weighted by Gasteiger charge is 2.17. The van der Waals surface area contributed by atoms with Crippen molar-refractivity contribution in [1.29, 1.82) is 0 Å². The van der Waals surface area contributed by atoms with Gasteiger partial charge < -0.3 is 20.6 Å². The number of hydrogen-bond donors (Lipinski definition) is 3. The van der Waals surface area contributed by atoms with E-state index in [1.54, 1.807) is 12.1 Å². The van der Waals surface area contributed by atoms with Crippen LogP contribution in [0.15, 0.2) is 22.7 Å². The molecule has 0 saturated heterocycles. The molecule has 0 saturated carbocycles. The van der Waals surface area contributed by atoms with Crippen molar-refractivity contribution in [1.82, 2.24) is 10.2 Å². The van der Waals surface area contributed by atoms with Crippen LogP contribution in [0.1, 0.15) is 16.8 Å². The molecule has 0 bridgehead atoms. The van der Waals surface area contributed by atoms with Gasteiger partial charge in [-0.15, -0.1) is 0 Å². The van der Waals surface area contributed by atoms with Gasteiger partial charge in [0.25, 0.3) is 0 Å². The third-order valence-electron chi connectivity index (χ3n) is 2.78. The van der Waals surface area contributed by atoms with Crippen LogP contribution in [0.2, 0.25) is 0 Å². The van der Waals surface area contributed by atoms with Crippen LogP contribution < -0.4 is 10.6 Å². The lowest BCUT2D eigenvalue weighted by atomic mass is 10.2.